The topological polar surface area (TPSA) is 74.3 Å². The maximum Gasteiger partial charge on any atom is 0.224 e. The average molecular weight is 290 g/mol. The molecule has 114 valence electrons. The molecule has 0 aliphatic heterocycles. The number of benzene rings is 1. The van der Waals surface area contributed by atoms with E-state index in [0.29, 0.717) is 19.4 Å². The molecule has 0 fully saturated rings. The fourth-order valence-corrected chi connectivity index (χ4v) is 2.40. The number of amides is 1. The highest BCUT2D eigenvalue weighted by atomic mass is 16.5. The first kappa shape index (κ1) is 15.5. The third-order valence-electron chi connectivity index (χ3n) is 3.52. The number of aromatic nitrogens is 1. The van der Waals surface area contributed by atoms with Crippen molar-refractivity contribution in [1.82, 2.24) is 10.3 Å². The van der Waals surface area contributed by atoms with Crippen LogP contribution in [0.5, 0.6) is 0 Å². The van der Waals surface area contributed by atoms with E-state index in [1.807, 2.05) is 31.3 Å². The number of nitrogens with one attached hydrogen (secondary N) is 2. The van der Waals surface area contributed by atoms with E-state index >= 15 is 0 Å². The number of hydrogen-bond donors (Lipinski definition) is 3. The highest BCUT2D eigenvalue weighted by Crippen LogP contribution is 2.21. The zero-order valence-corrected chi connectivity index (χ0v) is 12.5. The molecule has 5 nitrogen and oxygen atoms in total. The predicted molar refractivity (Wildman–Crippen MR) is 82.2 cm³/mol. The van der Waals surface area contributed by atoms with E-state index in [4.69, 9.17) is 4.74 Å². The number of hydrogen-bond acceptors (Lipinski definition) is 3. The molecule has 0 aliphatic rings. The largest absolute Gasteiger partial charge is 0.391 e. The molecular weight excluding hydrogens is 268 g/mol. The van der Waals surface area contributed by atoms with E-state index in [2.05, 4.69) is 10.3 Å². The molecule has 1 amide bonds. The molecule has 0 aliphatic carbocycles. The van der Waals surface area contributed by atoms with Crippen LogP contribution in [-0.2, 0) is 16.0 Å². The Morgan fingerprint density at radius 3 is 3.05 bits per heavy atom. The SMILES string of the molecule is COCC(O)CCNC(=O)Cc1c[nH]c2c(C)cccc12. The maximum atomic E-state index is 11.9. The maximum absolute atomic E-state index is 11.9. The second-order valence-corrected chi connectivity index (χ2v) is 5.24. The van der Waals surface area contributed by atoms with Crippen LogP contribution < -0.4 is 5.32 Å². The summed E-state index contributed by atoms with van der Waals surface area (Å²) in [5.74, 6) is -0.0398. The molecular formula is C16H22N2O3. The summed E-state index contributed by atoms with van der Waals surface area (Å²) in [6, 6.07) is 6.05. The first-order chi connectivity index (χ1) is 10.1. The van der Waals surface area contributed by atoms with Crippen molar-refractivity contribution in [2.24, 2.45) is 0 Å². The van der Waals surface area contributed by atoms with E-state index in [1.165, 1.54) is 5.56 Å². The van der Waals surface area contributed by atoms with E-state index in [1.54, 1.807) is 7.11 Å². The number of fused-ring (bicyclic) bond motifs is 1. The van der Waals surface area contributed by atoms with Crippen LogP contribution in [0.4, 0.5) is 0 Å². The number of carbonyl (C=O) groups is 1. The van der Waals surface area contributed by atoms with Crippen LogP contribution in [0.3, 0.4) is 0 Å². The molecule has 1 heterocycles. The molecule has 1 unspecified atom stereocenters. The minimum atomic E-state index is -0.536. The summed E-state index contributed by atoms with van der Waals surface area (Å²) in [4.78, 5) is 15.2. The minimum Gasteiger partial charge on any atom is -0.391 e. The van der Waals surface area contributed by atoms with Gasteiger partial charge in [0.15, 0.2) is 0 Å². The Labute approximate surface area is 124 Å². The van der Waals surface area contributed by atoms with Gasteiger partial charge in [-0.1, -0.05) is 18.2 Å². The number of para-hydroxylation sites is 1. The van der Waals surface area contributed by atoms with Crippen LogP contribution >= 0.6 is 0 Å². The molecule has 1 atom stereocenters. The number of aromatic amines is 1. The molecule has 0 radical (unpaired) electrons. The number of aliphatic hydroxyl groups is 1. The van der Waals surface area contributed by atoms with Crippen molar-refractivity contribution >= 4 is 16.8 Å². The molecule has 0 saturated carbocycles. The number of aliphatic hydroxyl groups excluding tert-OH is 1. The van der Waals surface area contributed by atoms with Gasteiger partial charge in [-0.25, -0.2) is 0 Å². The fourth-order valence-electron chi connectivity index (χ4n) is 2.40. The van der Waals surface area contributed by atoms with Crippen LogP contribution in [0.1, 0.15) is 17.5 Å². The molecule has 0 saturated heterocycles. The highest BCUT2D eigenvalue weighted by Gasteiger charge is 2.10. The lowest BCUT2D eigenvalue weighted by molar-refractivity contribution is -0.120. The van der Waals surface area contributed by atoms with Crippen molar-refractivity contribution in [3.05, 3.63) is 35.5 Å². The molecule has 1 aromatic heterocycles. The fraction of sp³-hybridized carbons (Fsp3) is 0.438. The molecule has 1 aromatic carbocycles. The summed E-state index contributed by atoms with van der Waals surface area (Å²) in [7, 11) is 1.54. The number of aryl methyl sites for hydroxylation is 1. The molecule has 3 N–H and O–H groups in total. The normalized spacial score (nSPS) is 12.5. The van der Waals surface area contributed by atoms with Gasteiger partial charge < -0.3 is 20.1 Å². The smallest absolute Gasteiger partial charge is 0.224 e. The Hall–Kier alpha value is -1.85. The molecule has 0 bridgehead atoms. The summed E-state index contributed by atoms with van der Waals surface area (Å²) >= 11 is 0. The number of carbonyl (C=O) groups excluding carboxylic acids is 1. The summed E-state index contributed by atoms with van der Waals surface area (Å²) in [6.07, 6.45) is 2.18. The Bertz CT molecular complexity index is 607. The van der Waals surface area contributed by atoms with Crippen molar-refractivity contribution in [3.8, 4) is 0 Å². The van der Waals surface area contributed by atoms with Gasteiger partial charge in [0.25, 0.3) is 0 Å². The molecule has 2 aromatic rings. The molecule has 21 heavy (non-hydrogen) atoms. The quantitative estimate of drug-likeness (QED) is 0.724. The predicted octanol–water partition coefficient (Wildman–Crippen LogP) is 1.53. The zero-order chi connectivity index (χ0) is 15.2. The van der Waals surface area contributed by atoms with E-state index in [0.717, 1.165) is 16.5 Å². The number of ether oxygens (including phenoxy) is 1. The molecule has 5 heteroatoms. The van der Waals surface area contributed by atoms with Crippen LogP contribution in [-0.4, -0.2) is 42.4 Å². The Kier molecular flexibility index (Phi) is 5.36. The van der Waals surface area contributed by atoms with Crippen LogP contribution in [0, 0.1) is 6.92 Å². The van der Waals surface area contributed by atoms with Crippen molar-refractivity contribution < 1.29 is 14.6 Å². The van der Waals surface area contributed by atoms with E-state index in [-0.39, 0.29) is 12.5 Å². The molecule has 2 rings (SSSR count). The number of rotatable bonds is 7. The lowest BCUT2D eigenvalue weighted by Crippen LogP contribution is -2.29. The van der Waals surface area contributed by atoms with Gasteiger partial charge in [0.05, 0.1) is 19.1 Å². The van der Waals surface area contributed by atoms with Gasteiger partial charge in [-0.2, -0.15) is 0 Å². The van der Waals surface area contributed by atoms with Crippen LogP contribution in [0.25, 0.3) is 10.9 Å². The Morgan fingerprint density at radius 2 is 2.29 bits per heavy atom. The Morgan fingerprint density at radius 1 is 1.48 bits per heavy atom. The standard InChI is InChI=1S/C16H22N2O3/c1-11-4-3-5-14-12(9-18-16(11)14)8-15(20)17-7-6-13(19)10-21-2/h3-5,9,13,18-19H,6-8,10H2,1-2H3,(H,17,20). The summed E-state index contributed by atoms with van der Waals surface area (Å²) in [6.45, 7) is 2.78. The van der Waals surface area contributed by atoms with Gasteiger partial charge >= 0.3 is 0 Å². The second kappa shape index (κ2) is 7.24. The summed E-state index contributed by atoms with van der Waals surface area (Å²) in [5.41, 5.74) is 3.24. The lowest BCUT2D eigenvalue weighted by Gasteiger charge is -2.10. The van der Waals surface area contributed by atoms with E-state index in [9.17, 15) is 9.90 Å². The van der Waals surface area contributed by atoms with Crippen LogP contribution in [0.2, 0.25) is 0 Å². The minimum absolute atomic E-state index is 0.0398. The van der Waals surface area contributed by atoms with Gasteiger partial charge in [-0.15, -0.1) is 0 Å². The van der Waals surface area contributed by atoms with Gasteiger partial charge in [0.1, 0.15) is 0 Å². The average Bonchev–Trinajstić information content (AvgIpc) is 2.84. The first-order valence-electron chi connectivity index (χ1n) is 7.11. The second-order valence-electron chi connectivity index (χ2n) is 5.24. The zero-order valence-electron chi connectivity index (χ0n) is 12.5. The molecule has 0 spiro atoms. The third kappa shape index (κ3) is 4.06. The third-order valence-corrected chi connectivity index (χ3v) is 3.52. The monoisotopic (exact) mass is 290 g/mol. The lowest BCUT2D eigenvalue weighted by atomic mass is 10.1. The number of methoxy groups -OCH3 is 1. The van der Waals surface area contributed by atoms with Gasteiger partial charge in [0, 0.05) is 30.8 Å². The van der Waals surface area contributed by atoms with Gasteiger partial charge in [-0.3, -0.25) is 4.79 Å². The van der Waals surface area contributed by atoms with E-state index < -0.39 is 6.10 Å². The van der Waals surface area contributed by atoms with Crippen molar-refractivity contribution in [2.45, 2.75) is 25.9 Å². The van der Waals surface area contributed by atoms with Crippen molar-refractivity contribution in [2.75, 3.05) is 20.3 Å². The Balaban J connectivity index is 1.89. The van der Waals surface area contributed by atoms with Gasteiger partial charge in [0.2, 0.25) is 5.91 Å². The van der Waals surface area contributed by atoms with Crippen molar-refractivity contribution in [1.29, 1.82) is 0 Å². The first-order valence-corrected chi connectivity index (χ1v) is 7.11. The van der Waals surface area contributed by atoms with Gasteiger partial charge in [-0.05, 0) is 24.5 Å². The summed E-state index contributed by atoms with van der Waals surface area (Å²) in [5, 5.41) is 13.4. The summed E-state index contributed by atoms with van der Waals surface area (Å²) < 4.78 is 4.84. The highest BCUT2D eigenvalue weighted by molar-refractivity contribution is 5.90. The number of H-pyrrole nitrogens is 1. The van der Waals surface area contributed by atoms with Crippen LogP contribution in [0.15, 0.2) is 24.4 Å². The van der Waals surface area contributed by atoms with Crippen molar-refractivity contribution in [3.63, 3.8) is 0 Å².